The first kappa shape index (κ1) is 13.5. The zero-order valence-electron chi connectivity index (χ0n) is 11.3. The minimum atomic E-state index is -0.166. The molecule has 3 heteroatoms. The largest absolute Gasteiger partial charge is 0.306 e. The van der Waals surface area contributed by atoms with Gasteiger partial charge < -0.3 is 10.2 Å². The van der Waals surface area contributed by atoms with E-state index in [4.69, 9.17) is 0 Å². The summed E-state index contributed by atoms with van der Waals surface area (Å²) < 4.78 is 12.9. The minimum absolute atomic E-state index is 0.166. The smallest absolute Gasteiger partial charge is 0.123 e. The number of benzene rings is 1. The summed E-state index contributed by atoms with van der Waals surface area (Å²) in [6, 6.07) is 7.64. The molecule has 1 aliphatic rings. The molecule has 18 heavy (non-hydrogen) atoms. The lowest BCUT2D eigenvalue weighted by Gasteiger charge is -2.34. The second kappa shape index (κ2) is 6.30. The summed E-state index contributed by atoms with van der Waals surface area (Å²) in [5, 5.41) is 3.65. The van der Waals surface area contributed by atoms with Crippen molar-refractivity contribution in [3.8, 4) is 0 Å². The average Bonchev–Trinajstić information content (AvgIpc) is 2.39. The summed E-state index contributed by atoms with van der Waals surface area (Å²) in [6.07, 6.45) is 2.50. The van der Waals surface area contributed by atoms with Crippen LogP contribution >= 0.6 is 0 Å². The van der Waals surface area contributed by atoms with Crippen LogP contribution in [0, 0.1) is 5.82 Å². The van der Waals surface area contributed by atoms with Crippen molar-refractivity contribution >= 4 is 0 Å². The lowest BCUT2D eigenvalue weighted by Crippen LogP contribution is -2.46. The van der Waals surface area contributed by atoms with E-state index in [1.165, 1.54) is 31.5 Å². The van der Waals surface area contributed by atoms with E-state index in [-0.39, 0.29) is 11.9 Å². The summed E-state index contributed by atoms with van der Waals surface area (Å²) in [5.74, 6) is -0.166. The summed E-state index contributed by atoms with van der Waals surface area (Å²) in [7, 11) is 0. The van der Waals surface area contributed by atoms with Crippen LogP contribution in [-0.2, 0) is 0 Å². The Morgan fingerprint density at radius 3 is 2.78 bits per heavy atom. The van der Waals surface area contributed by atoms with Gasteiger partial charge in [0.05, 0.1) is 0 Å². The van der Waals surface area contributed by atoms with E-state index >= 15 is 0 Å². The van der Waals surface area contributed by atoms with E-state index in [2.05, 4.69) is 24.1 Å². The monoisotopic (exact) mass is 250 g/mol. The molecule has 0 aromatic heterocycles. The fourth-order valence-corrected chi connectivity index (χ4v) is 2.68. The standard InChI is InChI=1S/C15H23FN2/c1-3-18-10-4-5-15(11-18)17-12(2)13-6-8-14(16)9-7-13/h6-9,12,15,17H,3-5,10-11H2,1-2H3. The van der Waals surface area contributed by atoms with E-state index in [0.29, 0.717) is 6.04 Å². The van der Waals surface area contributed by atoms with Crippen LogP contribution in [0.4, 0.5) is 4.39 Å². The molecule has 0 bridgehead atoms. The molecule has 1 aromatic rings. The number of hydrogen-bond acceptors (Lipinski definition) is 2. The number of likely N-dealkylation sites (tertiary alicyclic amines) is 1. The van der Waals surface area contributed by atoms with Gasteiger partial charge in [-0.05, 0) is 50.6 Å². The first-order chi connectivity index (χ1) is 8.69. The first-order valence-corrected chi connectivity index (χ1v) is 6.93. The molecule has 0 amide bonds. The fraction of sp³-hybridized carbons (Fsp3) is 0.600. The van der Waals surface area contributed by atoms with Crippen LogP contribution in [0.3, 0.4) is 0 Å². The predicted molar refractivity (Wildman–Crippen MR) is 73.1 cm³/mol. The summed E-state index contributed by atoms with van der Waals surface area (Å²) in [6.45, 7) is 7.84. The topological polar surface area (TPSA) is 15.3 Å². The van der Waals surface area contributed by atoms with Crippen molar-refractivity contribution in [2.24, 2.45) is 0 Å². The molecule has 100 valence electrons. The molecular weight excluding hydrogens is 227 g/mol. The maximum absolute atomic E-state index is 12.9. The van der Waals surface area contributed by atoms with E-state index < -0.39 is 0 Å². The van der Waals surface area contributed by atoms with Crippen LogP contribution in [0.15, 0.2) is 24.3 Å². The van der Waals surface area contributed by atoms with Gasteiger partial charge in [0.15, 0.2) is 0 Å². The van der Waals surface area contributed by atoms with Gasteiger partial charge in [-0.15, -0.1) is 0 Å². The van der Waals surface area contributed by atoms with Crippen LogP contribution in [-0.4, -0.2) is 30.6 Å². The molecule has 2 nitrogen and oxygen atoms in total. The van der Waals surface area contributed by atoms with Crippen LogP contribution in [0.25, 0.3) is 0 Å². The van der Waals surface area contributed by atoms with Crippen molar-refractivity contribution in [1.82, 2.24) is 10.2 Å². The van der Waals surface area contributed by atoms with Crippen molar-refractivity contribution in [2.75, 3.05) is 19.6 Å². The van der Waals surface area contributed by atoms with Crippen molar-refractivity contribution < 1.29 is 4.39 Å². The third kappa shape index (κ3) is 3.53. The summed E-state index contributed by atoms with van der Waals surface area (Å²) >= 11 is 0. The predicted octanol–water partition coefficient (Wildman–Crippen LogP) is 2.96. The molecule has 2 unspecified atom stereocenters. The summed E-state index contributed by atoms with van der Waals surface area (Å²) in [5.41, 5.74) is 1.16. The minimum Gasteiger partial charge on any atom is -0.306 e. The Labute approximate surface area is 109 Å². The second-order valence-corrected chi connectivity index (χ2v) is 5.17. The molecule has 1 N–H and O–H groups in total. The van der Waals surface area contributed by atoms with Gasteiger partial charge in [0, 0.05) is 18.6 Å². The van der Waals surface area contributed by atoms with E-state index in [9.17, 15) is 4.39 Å². The highest BCUT2D eigenvalue weighted by Gasteiger charge is 2.20. The zero-order chi connectivity index (χ0) is 13.0. The van der Waals surface area contributed by atoms with Crippen LogP contribution in [0.1, 0.15) is 38.3 Å². The number of halogens is 1. The molecule has 0 aliphatic carbocycles. The van der Waals surface area contributed by atoms with E-state index in [0.717, 1.165) is 18.7 Å². The van der Waals surface area contributed by atoms with Crippen LogP contribution < -0.4 is 5.32 Å². The van der Waals surface area contributed by atoms with Crippen molar-refractivity contribution in [3.05, 3.63) is 35.6 Å². The van der Waals surface area contributed by atoms with Gasteiger partial charge in [-0.3, -0.25) is 0 Å². The molecule has 1 aliphatic heterocycles. The van der Waals surface area contributed by atoms with Gasteiger partial charge in [0.25, 0.3) is 0 Å². The van der Waals surface area contributed by atoms with E-state index in [1.807, 2.05) is 12.1 Å². The Hall–Kier alpha value is -0.930. The number of hydrogen-bond donors (Lipinski definition) is 1. The van der Waals surface area contributed by atoms with Crippen molar-refractivity contribution in [1.29, 1.82) is 0 Å². The first-order valence-electron chi connectivity index (χ1n) is 6.93. The summed E-state index contributed by atoms with van der Waals surface area (Å²) in [4.78, 5) is 2.48. The lowest BCUT2D eigenvalue weighted by atomic mass is 10.0. The normalized spacial score (nSPS) is 22.9. The lowest BCUT2D eigenvalue weighted by molar-refractivity contribution is 0.192. The Morgan fingerprint density at radius 1 is 1.39 bits per heavy atom. The number of nitrogens with one attached hydrogen (secondary N) is 1. The third-order valence-electron chi connectivity index (χ3n) is 3.81. The fourth-order valence-electron chi connectivity index (χ4n) is 2.68. The molecule has 0 radical (unpaired) electrons. The SMILES string of the molecule is CCN1CCCC(NC(C)c2ccc(F)cc2)C1. The van der Waals surface area contributed by atoms with E-state index in [1.54, 1.807) is 0 Å². The quantitative estimate of drug-likeness (QED) is 0.884. The molecular formula is C15H23FN2. The molecule has 1 heterocycles. The number of rotatable bonds is 4. The van der Waals surface area contributed by atoms with Gasteiger partial charge in [0.1, 0.15) is 5.82 Å². The van der Waals surface area contributed by atoms with Crippen molar-refractivity contribution in [3.63, 3.8) is 0 Å². The number of piperidine rings is 1. The highest BCUT2D eigenvalue weighted by Crippen LogP contribution is 2.17. The Morgan fingerprint density at radius 2 is 2.11 bits per heavy atom. The van der Waals surface area contributed by atoms with Crippen LogP contribution in [0.2, 0.25) is 0 Å². The Kier molecular flexibility index (Phi) is 4.72. The molecule has 1 fully saturated rings. The second-order valence-electron chi connectivity index (χ2n) is 5.17. The third-order valence-corrected chi connectivity index (χ3v) is 3.81. The van der Waals surface area contributed by atoms with Crippen molar-refractivity contribution in [2.45, 2.75) is 38.8 Å². The van der Waals surface area contributed by atoms with Gasteiger partial charge in [-0.1, -0.05) is 19.1 Å². The molecule has 1 saturated heterocycles. The Bertz CT molecular complexity index is 363. The zero-order valence-corrected chi connectivity index (χ0v) is 11.3. The van der Waals surface area contributed by atoms with Gasteiger partial charge in [-0.25, -0.2) is 4.39 Å². The van der Waals surface area contributed by atoms with Crippen LogP contribution in [0.5, 0.6) is 0 Å². The van der Waals surface area contributed by atoms with Gasteiger partial charge >= 0.3 is 0 Å². The highest BCUT2D eigenvalue weighted by atomic mass is 19.1. The number of nitrogens with zero attached hydrogens (tertiary/aromatic N) is 1. The molecule has 2 rings (SSSR count). The molecule has 0 saturated carbocycles. The highest BCUT2D eigenvalue weighted by molar-refractivity contribution is 5.19. The maximum Gasteiger partial charge on any atom is 0.123 e. The molecule has 0 spiro atoms. The van der Waals surface area contributed by atoms with Gasteiger partial charge in [-0.2, -0.15) is 0 Å². The average molecular weight is 250 g/mol. The maximum atomic E-state index is 12.9. The number of likely N-dealkylation sites (N-methyl/N-ethyl adjacent to an activating group) is 1. The molecule has 2 atom stereocenters. The molecule has 1 aromatic carbocycles. The van der Waals surface area contributed by atoms with Gasteiger partial charge in [0.2, 0.25) is 0 Å². The Balaban J connectivity index is 1.90.